The van der Waals surface area contributed by atoms with Crippen molar-refractivity contribution in [1.29, 1.82) is 0 Å². The van der Waals surface area contributed by atoms with Gasteiger partial charge in [-0.1, -0.05) is 0 Å². The number of phenols is 1. The van der Waals surface area contributed by atoms with Gasteiger partial charge in [0.05, 0.1) is 18.7 Å². The van der Waals surface area contributed by atoms with Crippen LogP contribution in [0.3, 0.4) is 0 Å². The smallest absolute Gasteiger partial charge is 0.257 e. The SMILES string of the molecule is COCCNC(=O)CN(C)C(=O)c1ccc(O)cc1F. The summed E-state index contributed by atoms with van der Waals surface area (Å²) in [5.74, 6) is -2.10. The number of likely N-dealkylation sites (N-methyl/N-ethyl adjacent to an activating group) is 1. The van der Waals surface area contributed by atoms with E-state index in [0.717, 1.165) is 11.0 Å². The van der Waals surface area contributed by atoms with E-state index in [1.54, 1.807) is 0 Å². The number of phenolic OH excluding ortho intramolecular Hbond substituents is 1. The maximum atomic E-state index is 13.5. The van der Waals surface area contributed by atoms with Crippen LogP contribution in [-0.4, -0.2) is 55.7 Å². The van der Waals surface area contributed by atoms with Crippen LogP contribution in [0, 0.1) is 5.82 Å². The lowest BCUT2D eigenvalue weighted by atomic mass is 10.2. The van der Waals surface area contributed by atoms with Gasteiger partial charge in [-0.3, -0.25) is 9.59 Å². The zero-order chi connectivity index (χ0) is 15.1. The van der Waals surface area contributed by atoms with Crippen LogP contribution in [0.2, 0.25) is 0 Å². The maximum absolute atomic E-state index is 13.5. The Morgan fingerprint density at radius 3 is 2.75 bits per heavy atom. The number of amides is 2. The van der Waals surface area contributed by atoms with E-state index in [1.165, 1.54) is 26.3 Å². The van der Waals surface area contributed by atoms with E-state index in [-0.39, 0.29) is 23.8 Å². The Balaban J connectivity index is 2.60. The number of aromatic hydroxyl groups is 1. The third-order valence-electron chi connectivity index (χ3n) is 2.54. The predicted octanol–water partition coefficient (Wildman–Crippen LogP) is 0.366. The minimum Gasteiger partial charge on any atom is -0.508 e. The molecule has 0 radical (unpaired) electrons. The third kappa shape index (κ3) is 4.51. The summed E-state index contributed by atoms with van der Waals surface area (Å²) in [6.45, 7) is 0.518. The van der Waals surface area contributed by atoms with Crippen LogP contribution in [0.4, 0.5) is 4.39 Å². The van der Waals surface area contributed by atoms with Gasteiger partial charge in [-0.15, -0.1) is 0 Å². The first kappa shape index (κ1) is 15.9. The van der Waals surface area contributed by atoms with Gasteiger partial charge in [0, 0.05) is 26.8 Å². The predicted molar refractivity (Wildman–Crippen MR) is 69.9 cm³/mol. The Morgan fingerprint density at radius 2 is 2.15 bits per heavy atom. The molecule has 0 saturated carbocycles. The molecule has 20 heavy (non-hydrogen) atoms. The van der Waals surface area contributed by atoms with E-state index < -0.39 is 11.7 Å². The van der Waals surface area contributed by atoms with Crippen molar-refractivity contribution < 1.29 is 23.8 Å². The van der Waals surface area contributed by atoms with Crippen molar-refractivity contribution in [1.82, 2.24) is 10.2 Å². The molecule has 110 valence electrons. The largest absolute Gasteiger partial charge is 0.508 e. The summed E-state index contributed by atoms with van der Waals surface area (Å²) >= 11 is 0. The van der Waals surface area contributed by atoms with E-state index in [9.17, 15) is 14.0 Å². The van der Waals surface area contributed by atoms with Gasteiger partial charge in [0.1, 0.15) is 11.6 Å². The number of ether oxygens (including phenoxy) is 1. The zero-order valence-electron chi connectivity index (χ0n) is 11.4. The van der Waals surface area contributed by atoms with Crippen molar-refractivity contribution in [3.8, 4) is 5.75 Å². The van der Waals surface area contributed by atoms with Gasteiger partial charge in [0.2, 0.25) is 5.91 Å². The molecule has 0 spiro atoms. The lowest BCUT2D eigenvalue weighted by Gasteiger charge is -2.17. The summed E-state index contributed by atoms with van der Waals surface area (Å²) in [6.07, 6.45) is 0. The van der Waals surface area contributed by atoms with E-state index in [4.69, 9.17) is 9.84 Å². The summed E-state index contributed by atoms with van der Waals surface area (Å²) in [6, 6.07) is 3.23. The summed E-state index contributed by atoms with van der Waals surface area (Å²) in [4.78, 5) is 24.5. The molecular formula is C13H17FN2O4. The second kappa shape index (κ2) is 7.44. The Labute approximate surface area is 116 Å². The molecule has 0 atom stereocenters. The van der Waals surface area contributed by atoms with Crippen LogP contribution < -0.4 is 5.32 Å². The second-order valence-corrected chi connectivity index (χ2v) is 4.17. The number of rotatable bonds is 6. The Bertz CT molecular complexity index is 493. The Morgan fingerprint density at radius 1 is 1.45 bits per heavy atom. The van der Waals surface area contributed by atoms with Crippen LogP contribution in [0.25, 0.3) is 0 Å². The number of benzene rings is 1. The van der Waals surface area contributed by atoms with Gasteiger partial charge in [0.15, 0.2) is 0 Å². The fourth-order valence-electron chi connectivity index (χ4n) is 1.52. The van der Waals surface area contributed by atoms with Crippen LogP contribution in [0.5, 0.6) is 5.75 Å². The summed E-state index contributed by atoms with van der Waals surface area (Å²) in [7, 11) is 2.90. The topological polar surface area (TPSA) is 78.9 Å². The van der Waals surface area contributed by atoms with Crippen molar-refractivity contribution in [3.63, 3.8) is 0 Å². The van der Waals surface area contributed by atoms with Crippen LogP contribution in [0.15, 0.2) is 18.2 Å². The Kier molecular flexibility index (Phi) is 5.92. The van der Waals surface area contributed by atoms with Crippen molar-refractivity contribution in [2.75, 3.05) is 33.9 Å². The lowest BCUT2D eigenvalue weighted by molar-refractivity contribution is -0.121. The number of nitrogens with one attached hydrogen (secondary N) is 1. The number of nitrogens with zero attached hydrogens (tertiary/aromatic N) is 1. The molecule has 7 heteroatoms. The number of halogens is 1. The molecule has 1 aromatic rings. The first-order valence-corrected chi connectivity index (χ1v) is 5.95. The maximum Gasteiger partial charge on any atom is 0.257 e. The average Bonchev–Trinajstić information content (AvgIpc) is 2.38. The van der Waals surface area contributed by atoms with Crippen molar-refractivity contribution in [3.05, 3.63) is 29.6 Å². The first-order valence-electron chi connectivity index (χ1n) is 5.95. The van der Waals surface area contributed by atoms with Gasteiger partial charge >= 0.3 is 0 Å². The molecule has 0 heterocycles. The van der Waals surface area contributed by atoms with Crippen LogP contribution >= 0.6 is 0 Å². The number of hydrogen-bond donors (Lipinski definition) is 2. The molecule has 2 N–H and O–H groups in total. The van der Waals surface area contributed by atoms with Gasteiger partial charge < -0.3 is 20.1 Å². The Hall–Kier alpha value is -2.15. The number of carbonyl (C=O) groups is 2. The van der Waals surface area contributed by atoms with Gasteiger partial charge in [0.25, 0.3) is 5.91 Å². The van der Waals surface area contributed by atoms with Crippen LogP contribution in [-0.2, 0) is 9.53 Å². The molecule has 1 rings (SSSR count). The van der Waals surface area contributed by atoms with E-state index >= 15 is 0 Å². The fraction of sp³-hybridized carbons (Fsp3) is 0.385. The standard InChI is InChI=1S/C13H17FN2O4/c1-16(8-12(18)15-5-6-20-2)13(19)10-4-3-9(17)7-11(10)14/h3-4,7,17H,5-6,8H2,1-2H3,(H,15,18). The highest BCUT2D eigenvalue weighted by atomic mass is 19.1. The monoisotopic (exact) mass is 284 g/mol. The molecule has 0 aliphatic carbocycles. The van der Waals surface area contributed by atoms with Crippen LogP contribution in [0.1, 0.15) is 10.4 Å². The molecule has 1 aromatic carbocycles. The summed E-state index contributed by atoms with van der Waals surface area (Å²) in [5.41, 5.74) is -0.199. The molecule has 0 aliphatic rings. The van der Waals surface area contributed by atoms with Crippen molar-refractivity contribution in [2.45, 2.75) is 0 Å². The summed E-state index contributed by atoms with van der Waals surface area (Å²) < 4.78 is 18.3. The molecule has 0 aromatic heterocycles. The first-order chi connectivity index (χ1) is 9.45. The minimum atomic E-state index is -0.832. The molecule has 0 fully saturated rings. The molecule has 2 amide bonds. The summed E-state index contributed by atoms with van der Waals surface area (Å²) in [5, 5.41) is 11.6. The lowest BCUT2D eigenvalue weighted by Crippen LogP contribution is -2.39. The number of hydrogen-bond acceptors (Lipinski definition) is 4. The molecule has 0 bridgehead atoms. The highest BCUT2D eigenvalue weighted by Gasteiger charge is 2.18. The number of carbonyl (C=O) groups excluding carboxylic acids is 2. The molecular weight excluding hydrogens is 267 g/mol. The zero-order valence-corrected chi connectivity index (χ0v) is 11.4. The highest BCUT2D eigenvalue weighted by molar-refractivity contribution is 5.96. The third-order valence-corrected chi connectivity index (χ3v) is 2.54. The minimum absolute atomic E-state index is 0.192. The number of methoxy groups -OCH3 is 1. The van der Waals surface area contributed by atoms with E-state index in [0.29, 0.717) is 13.2 Å². The quantitative estimate of drug-likeness (QED) is 0.740. The fourth-order valence-corrected chi connectivity index (χ4v) is 1.52. The average molecular weight is 284 g/mol. The molecule has 0 unspecified atom stereocenters. The molecule has 0 aliphatic heterocycles. The highest BCUT2D eigenvalue weighted by Crippen LogP contribution is 2.16. The van der Waals surface area contributed by atoms with Crippen molar-refractivity contribution in [2.24, 2.45) is 0 Å². The molecule has 0 saturated heterocycles. The molecule has 6 nitrogen and oxygen atoms in total. The normalized spacial score (nSPS) is 10.2. The van der Waals surface area contributed by atoms with Gasteiger partial charge in [-0.2, -0.15) is 0 Å². The second-order valence-electron chi connectivity index (χ2n) is 4.17. The van der Waals surface area contributed by atoms with Gasteiger partial charge in [-0.05, 0) is 12.1 Å². The van der Waals surface area contributed by atoms with Gasteiger partial charge in [-0.25, -0.2) is 4.39 Å². The van der Waals surface area contributed by atoms with Crippen molar-refractivity contribution >= 4 is 11.8 Å². The van der Waals surface area contributed by atoms with E-state index in [2.05, 4.69) is 5.32 Å². The van der Waals surface area contributed by atoms with E-state index in [1.807, 2.05) is 0 Å².